The summed E-state index contributed by atoms with van der Waals surface area (Å²) in [6.07, 6.45) is 2.11. The minimum Gasteiger partial charge on any atom is -0.461 e. The molecular formula is C26H29N3O4. The van der Waals surface area contributed by atoms with Crippen LogP contribution >= 0.6 is 0 Å². The van der Waals surface area contributed by atoms with Crippen molar-refractivity contribution in [3.05, 3.63) is 70.9 Å². The molecule has 1 saturated heterocycles. The molecule has 0 aliphatic carbocycles. The standard InChI is InChI=1S/C26H29N3O4/c1-4-32-26(31)23-15-24(20-8-7-17(2)18(3)14-20)29(28-23)21-11-9-19(10-12-21)25(30)27-16-22-6-5-13-33-22/h7-12,14-15,22H,4-6,13,16H2,1-3H3,(H,27,30)/t22-/m0/s1. The predicted octanol–water partition coefficient (Wildman–Crippen LogP) is 4.24. The van der Waals surface area contributed by atoms with Crippen molar-refractivity contribution in [2.24, 2.45) is 0 Å². The molecule has 0 radical (unpaired) electrons. The van der Waals surface area contributed by atoms with Gasteiger partial charge in [-0.05, 0) is 81.1 Å². The lowest BCUT2D eigenvalue weighted by Gasteiger charge is -2.12. The summed E-state index contributed by atoms with van der Waals surface area (Å²) < 4.78 is 12.4. The molecule has 1 aliphatic rings. The first-order valence-corrected chi connectivity index (χ1v) is 11.3. The number of nitrogens with zero attached hydrogens (tertiary/aromatic N) is 2. The first-order valence-electron chi connectivity index (χ1n) is 11.3. The second-order valence-corrected chi connectivity index (χ2v) is 8.24. The van der Waals surface area contributed by atoms with Crippen LogP contribution in [0.25, 0.3) is 16.9 Å². The van der Waals surface area contributed by atoms with Gasteiger partial charge in [-0.1, -0.05) is 12.1 Å². The van der Waals surface area contributed by atoms with Crippen LogP contribution in [0.1, 0.15) is 51.7 Å². The molecule has 0 saturated carbocycles. The summed E-state index contributed by atoms with van der Waals surface area (Å²) in [6, 6.07) is 15.0. The first-order chi connectivity index (χ1) is 16.0. The first kappa shape index (κ1) is 22.7. The molecule has 4 rings (SSSR count). The Kier molecular flexibility index (Phi) is 6.89. The van der Waals surface area contributed by atoms with Gasteiger partial charge < -0.3 is 14.8 Å². The molecule has 1 amide bonds. The molecule has 1 N–H and O–H groups in total. The molecule has 1 atom stereocenters. The van der Waals surface area contributed by atoms with Crippen LogP contribution in [-0.2, 0) is 9.47 Å². The largest absolute Gasteiger partial charge is 0.461 e. The zero-order valence-corrected chi connectivity index (χ0v) is 19.3. The third-order valence-electron chi connectivity index (χ3n) is 5.88. The van der Waals surface area contributed by atoms with Crippen LogP contribution in [0, 0.1) is 13.8 Å². The number of carbonyl (C=O) groups excluding carboxylic acids is 2. The molecule has 0 bridgehead atoms. The highest BCUT2D eigenvalue weighted by Gasteiger charge is 2.19. The number of hydrogen-bond acceptors (Lipinski definition) is 5. The summed E-state index contributed by atoms with van der Waals surface area (Å²) in [5.74, 6) is -0.606. The van der Waals surface area contributed by atoms with Gasteiger partial charge in [-0.2, -0.15) is 5.10 Å². The van der Waals surface area contributed by atoms with Gasteiger partial charge >= 0.3 is 5.97 Å². The highest BCUT2D eigenvalue weighted by Crippen LogP contribution is 2.26. The van der Waals surface area contributed by atoms with E-state index in [1.54, 1.807) is 29.8 Å². The Bertz CT molecular complexity index is 1140. The van der Waals surface area contributed by atoms with Crippen molar-refractivity contribution in [2.75, 3.05) is 19.8 Å². The number of rotatable bonds is 7. The Morgan fingerprint density at radius 1 is 1.12 bits per heavy atom. The van der Waals surface area contributed by atoms with Gasteiger partial charge in [-0.3, -0.25) is 4.79 Å². The van der Waals surface area contributed by atoms with Gasteiger partial charge in [0.15, 0.2) is 5.69 Å². The van der Waals surface area contributed by atoms with E-state index >= 15 is 0 Å². The smallest absolute Gasteiger partial charge is 0.358 e. The van der Waals surface area contributed by atoms with Crippen molar-refractivity contribution in [3.63, 3.8) is 0 Å². The van der Waals surface area contributed by atoms with E-state index in [1.807, 2.05) is 24.3 Å². The lowest BCUT2D eigenvalue weighted by Crippen LogP contribution is -2.31. The molecule has 1 aromatic heterocycles. The molecule has 0 unspecified atom stereocenters. The van der Waals surface area contributed by atoms with Gasteiger partial charge in [-0.15, -0.1) is 0 Å². The number of hydrogen-bond donors (Lipinski definition) is 1. The molecule has 7 nitrogen and oxygen atoms in total. The van der Waals surface area contributed by atoms with Crippen LogP contribution in [0.3, 0.4) is 0 Å². The van der Waals surface area contributed by atoms with Crippen LogP contribution in [0.4, 0.5) is 0 Å². The monoisotopic (exact) mass is 447 g/mol. The van der Waals surface area contributed by atoms with Crippen LogP contribution in [0.5, 0.6) is 0 Å². The van der Waals surface area contributed by atoms with Crippen molar-refractivity contribution >= 4 is 11.9 Å². The fourth-order valence-corrected chi connectivity index (χ4v) is 3.86. The van der Waals surface area contributed by atoms with E-state index in [-0.39, 0.29) is 24.3 Å². The predicted molar refractivity (Wildman–Crippen MR) is 126 cm³/mol. The SMILES string of the molecule is CCOC(=O)c1cc(-c2ccc(C)c(C)c2)n(-c2ccc(C(=O)NC[C@@H]3CCCO3)cc2)n1. The fraction of sp³-hybridized carbons (Fsp3) is 0.346. The van der Waals surface area contributed by atoms with Gasteiger partial charge in [0.25, 0.3) is 5.91 Å². The number of nitrogens with one attached hydrogen (secondary N) is 1. The average molecular weight is 448 g/mol. The van der Waals surface area contributed by atoms with Crippen LogP contribution < -0.4 is 5.32 Å². The highest BCUT2D eigenvalue weighted by molar-refractivity contribution is 5.94. The summed E-state index contributed by atoms with van der Waals surface area (Å²) in [5.41, 5.74) is 5.60. The lowest BCUT2D eigenvalue weighted by molar-refractivity contribution is 0.0519. The fourth-order valence-electron chi connectivity index (χ4n) is 3.86. The normalized spacial score (nSPS) is 15.4. The number of aromatic nitrogens is 2. The summed E-state index contributed by atoms with van der Waals surface area (Å²) in [6.45, 7) is 7.43. The minimum absolute atomic E-state index is 0.0964. The Morgan fingerprint density at radius 2 is 1.91 bits per heavy atom. The average Bonchev–Trinajstić information content (AvgIpc) is 3.50. The van der Waals surface area contributed by atoms with E-state index in [0.29, 0.717) is 12.1 Å². The maximum absolute atomic E-state index is 12.5. The van der Waals surface area contributed by atoms with Gasteiger partial charge in [-0.25, -0.2) is 9.48 Å². The highest BCUT2D eigenvalue weighted by atomic mass is 16.5. The van der Waals surface area contributed by atoms with E-state index in [2.05, 4.69) is 30.3 Å². The molecule has 2 aromatic carbocycles. The van der Waals surface area contributed by atoms with Crippen LogP contribution in [-0.4, -0.2) is 47.5 Å². The summed E-state index contributed by atoms with van der Waals surface area (Å²) in [5, 5.41) is 7.45. The van der Waals surface area contributed by atoms with Gasteiger partial charge in [0.1, 0.15) is 0 Å². The molecule has 172 valence electrons. The van der Waals surface area contributed by atoms with Crippen molar-refractivity contribution in [1.82, 2.24) is 15.1 Å². The van der Waals surface area contributed by atoms with Crippen LogP contribution in [0.15, 0.2) is 48.5 Å². The molecule has 7 heteroatoms. The lowest BCUT2D eigenvalue weighted by atomic mass is 10.0. The molecule has 33 heavy (non-hydrogen) atoms. The molecule has 1 fully saturated rings. The molecule has 0 spiro atoms. The summed E-state index contributed by atoms with van der Waals surface area (Å²) >= 11 is 0. The number of esters is 1. The van der Waals surface area contributed by atoms with Gasteiger partial charge in [0, 0.05) is 24.3 Å². The molecular weight excluding hydrogens is 418 g/mol. The zero-order chi connectivity index (χ0) is 23.4. The maximum atomic E-state index is 12.5. The van der Waals surface area contributed by atoms with E-state index < -0.39 is 5.97 Å². The molecule has 2 heterocycles. The summed E-state index contributed by atoms with van der Waals surface area (Å²) in [7, 11) is 0. The minimum atomic E-state index is -0.466. The Balaban J connectivity index is 1.61. The van der Waals surface area contributed by atoms with E-state index in [0.717, 1.165) is 42.0 Å². The van der Waals surface area contributed by atoms with Crippen molar-refractivity contribution < 1.29 is 19.1 Å². The molecule has 3 aromatic rings. The van der Waals surface area contributed by atoms with Crippen molar-refractivity contribution in [2.45, 2.75) is 39.7 Å². The Hall–Kier alpha value is -3.45. The second kappa shape index (κ2) is 10.0. The third kappa shape index (κ3) is 5.14. The van der Waals surface area contributed by atoms with Gasteiger partial charge in [0.05, 0.1) is 24.1 Å². The van der Waals surface area contributed by atoms with E-state index in [9.17, 15) is 9.59 Å². The quantitative estimate of drug-likeness (QED) is 0.548. The van der Waals surface area contributed by atoms with Crippen molar-refractivity contribution in [3.8, 4) is 16.9 Å². The van der Waals surface area contributed by atoms with E-state index in [1.165, 1.54) is 5.56 Å². The third-order valence-corrected chi connectivity index (χ3v) is 5.88. The van der Waals surface area contributed by atoms with Gasteiger partial charge in [0.2, 0.25) is 0 Å². The van der Waals surface area contributed by atoms with Crippen molar-refractivity contribution in [1.29, 1.82) is 0 Å². The van der Waals surface area contributed by atoms with E-state index in [4.69, 9.17) is 9.47 Å². The number of amides is 1. The Morgan fingerprint density at radius 3 is 2.58 bits per heavy atom. The van der Waals surface area contributed by atoms with Crippen LogP contribution in [0.2, 0.25) is 0 Å². The number of benzene rings is 2. The molecule has 1 aliphatic heterocycles. The number of aryl methyl sites for hydroxylation is 2. The topological polar surface area (TPSA) is 82.5 Å². The second-order valence-electron chi connectivity index (χ2n) is 8.24. The number of carbonyl (C=O) groups is 2. The Labute approximate surface area is 193 Å². The zero-order valence-electron chi connectivity index (χ0n) is 19.3. The maximum Gasteiger partial charge on any atom is 0.358 e. The number of ether oxygens (including phenoxy) is 2. The summed E-state index contributed by atoms with van der Waals surface area (Å²) in [4.78, 5) is 24.9.